The molecule has 1 saturated heterocycles. The largest absolute Gasteiger partial charge is 0.462 e. The molecule has 1 aromatic heterocycles. The molecule has 158 valence electrons. The van der Waals surface area contributed by atoms with E-state index in [1.54, 1.807) is 37.3 Å². The van der Waals surface area contributed by atoms with Crippen LogP contribution in [0.4, 0.5) is 0 Å². The van der Waals surface area contributed by atoms with Gasteiger partial charge in [0.1, 0.15) is 11.5 Å². The van der Waals surface area contributed by atoms with Crippen molar-refractivity contribution in [1.29, 1.82) is 0 Å². The van der Waals surface area contributed by atoms with Crippen molar-refractivity contribution in [3.63, 3.8) is 0 Å². The summed E-state index contributed by atoms with van der Waals surface area (Å²) in [6.07, 6.45) is 7.45. The zero-order chi connectivity index (χ0) is 21.5. The van der Waals surface area contributed by atoms with E-state index in [-0.39, 0.29) is 35.5 Å². The molecule has 6 rings (SSSR count). The van der Waals surface area contributed by atoms with E-state index in [0.29, 0.717) is 29.3 Å². The number of imide groups is 1. The Morgan fingerprint density at radius 2 is 1.84 bits per heavy atom. The van der Waals surface area contributed by atoms with E-state index in [9.17, 15) is 14.4 Å². The standard InChI is InChI=1S/C24H22N2O5/c1-2-30-24(29)17-5-3-4-16(12-17)19-11-10-18(31-19)13-25-26-22(27)20-14-6-7-15(9-8-14)21(20)23(26)28/h3-7,10-15,20-21H,2,8-9H2,1H3/b25-13-/t14-,15-,20-,21-/m0/s1. The molecule has 0 unspecified atom stereocenters. The number of fused-ring (bicyclic) bond motifs is 1. The maximum absolute atomic E-state index is 12.8. The molecule has 1 aliphatic heterocycles. The van der Waals surface area contributed by atoms with Crippen LogP contribution >= 0.6 is 0 Å². The number of rotatable bonds is 5. The van der Waals surface area contributed by atoms with Crippen LogP contribution in [-0.4, -0.2) is 35.6 Å². The van der Waals surface area contributed by atoms with E-state index < -0.39 is 5.97 Å². The van der Waals surface area contributed by atoms with Crippen LogP contribution in [-0.2, 0) is 14.3 Å². The highest BCUT2D eigenvalue weighted by Gasteiger charge is 2.56. The maximum atomic E-state index is 12.8. The fraction of sp³-hybridized carbons (Fsp3) is 0.333. The molecule has 4 atom stereocenters. The number of allylic oxidation sites excluding steroid dienone is 2. The second-order valence-corrected chi connectivity index (χ2v) is 8.08. The minimum atomic E-state index is -0.395. The number of carbonyl (C=O) groups excluding carboxylic acids is 3. The SMILES string of the molecule is CCOC(=O)c1cccc(-c2ccc(/C=N\N3C(=O)[C@@H]4[C@@H](C3=O)[C@H]3C=C[C@H]4CC3)o2)c1. The Labute approximate surface area is 179 Å². The third kappa shape index (κ3) is 3.30. The quantitative estimate of drug-likeness (QED) is 0.320. The lowest BCUT2D eigenvalue weighted by atomic mass is 9.63. The molecule has 7 heteroatoms. The van der Waals surface area contributed by atoms with Gasteiger partial charge in [-0.15, -0.1) is 0 Å². The van der Waals surface area contributed by atoms with E-state index in [0.717, 1.165) is 17.9 Å². The van der Waals surface area contributed by atoms with E-state index >= 15 is 0 Å². The van der Waals surface area contributed by atoms with Crippen LogP contribution in [0.3, 0.4) is 0 Å². The van der Waals surface area contributed by atoms with Crippen LogP contribution in [0.1, 0.15) is 35.9 Å². The first-order chi connectivity index (χ1) is 15.1. The molecule has 31 heavy (non-hydrogen) atoms. The van der Waals surface area contributed by atoms with Crippen LogP contribution in [0.2, 0.25) is 0 Å². The van der Waals surface area contributed by atoms with Crippen LogP contribution in [0, 0.1) is 23.7 Å². The summed E-state index contributed by atoms with van der Waals surface area (Å²) in [5.41, 5.74) is 1.15. The summed E-state index contributed by atoms with van der Waals surface area (Å²) >= 11 is 0. The van der Waals surface area contributed by atoms with E-state index in [1.807, 2.05) is 6.07 Å². The van der Waals surface area contributed by atoms with Gasteiger partial charge in [-0.25, -0.2) is 4.79 Å². The minimum absolute atomic E-state index is 0.133. The average molecular weight is 418 g/mol. The summed E-state index contributed by atoms with van der Waals surface area (Å²) in [4.78, 5) is 37.6. The Morgan fingerprint density at radius 3 is 2.48 bits per heavy atom. The number of hydrazone groups is 1. The monoisotopic (exact) mass is 418 g/mol. The molecule has 0 N–H and O–H groups in total. The van der Waals surface area contributed by atoms with Crippen molar-refractivity contribution in [2.75, 3.05) is 6.61 Å². The van der Waals surface area contributed by atoms with Gasteiger partial charge in [-0.2, -0.15) is 10.1 Å². The van der Waals surface area contributed by atoms with Gasteiger partial charge in [0.2, 0.25) is 0 Å². The van der Waals surface area contributed by atoms with Gasteiger partial charge in [-0.1, -0.05) is 24.3 Å². The van der Waals surface area contributed by atoms with Crippen molar-refractivity contribution in [3.05, 3.63) is 59.9 Å². The summed E-state index contributed by atoms with van der Waals surface area (Å²) in [6, 6.07) is 10.4. The Balaban J connectivity index is 1.34. The lowest BCUT2D eigenvalue weighted by Crippen LogP contribution is -2.38. The van der Waals surface area contributed by atoms with Crippen molar-refractivity contribution in [2.45, 2.75) is 19.8 Å². The fourth-order valence-electron chi connectivity index (χ4n) is 4.88. The molecular formula is C24H22N2O5. The Morgan fingerprint density at radius 1 is 1.13 bits per heavy atom. The molecule has 1 aromatic carbocycles. The number of hydrogen-bond acceptors (Lipinski definition) is 6. The second-order valence-electron chi connectivity index (χ2n) is 8.08. The lowest BCUT2D eigenvalue weighted by molar-refractivity contribution is -0.140. The zero-order valence-corrected chi connectivity index (χ0v) is 17.1. The van der Waals surface area contributed by atoms with Gasteiger partial charge in [0.15, 0.2) is 0 Å². The molecule has 4 aliphatic rings. The molecule has 7 nitrogen and oxygen atoms in total. The molecule has 2 aromatic rings. The van der Waals surface area contributed by atoms with E-state index in [2.05, 4.69) is 17.3 Å². The third-order valence-electron chi connectivity index (χ3n) is 6.32. The molecule has 2 fully saturated rings. The molecule has 3 aliphatic carbocycles. The second kappa shape index (κ2) is 7.65. The predicted molar refractivity (Wildman–Crippen MR) is 112 cm³/mol. The van der Waals surface area contributed by atoms with Gasteiger partial charge < -0.3 is 9.15 Å². The van der Waals surface area contributed by atoms with Gasteiger partial charge >= 0.3 is 5.97 Å². The normalized spacial score (nSPS) is 26.7. The highest BCUT2D eigenvalue weighted by molar-refractivity contribution is 6.06. The Bertz CT molecular complexity index is 1080. The zero-order valence-electron chi connectivity index (χ0n) is 17.1. The summed E-state index contributed by atoms with van der Waals surface area (Å²) in [7, 11) is 0. The topological polar surface area (TPSA) is 89.2 Å². The number of hydrogen-bond donors (Lipinski definition) is 0. The Hall–Kier alpha value is -3.48. The van der Waals surface area contributed by atoms with Crippen LogP contribution < -0.4 is 0 Å². The summed E-state index contributed by atoms with van der Waals surface area (Å²) in [5.74, 6) is -0.192. The number of amides is 2. The molecule has 2 amide bonds. The molecular weight excluding hydrogens is 396 g/mol. The number of ether oxygens (including phenoxy) is 1. The minimum Gasteiger partial charge on any atom is -0.462 e. The van der Waals surface area contributed by atoms with Crippen LogP contribution in [0.25, 0.3) is 11.3 Å². The predicted octanol–water partition coefficient (Wildman–Crippen LogP) is 3.65. The van der Waals surface area contributed by atoms with Crippen molar-refractivity contribution in [3.8, 4) is 11.3 Å². The summed E-state index contributed by atoms with van der Waals surface area (Å²) in [5, 5.41) is 5.18. The van der Waals surface area contributed by atoms with Crippen molar-refractivity contribution < 1.29 is 23.5 Å². The highest BCUT2D eigenvalue weighted by Crippen LogP contribution is 2.49. The first-order valence-electron chi connectivity index (χ1n) is 10.5. The molecule has 1 saturated carbocycles. The van der Waals surface area contributed by atoms with Crippen LogP contribution in [0.5, 0.6) is 0 Å². The van der Waals surface area contributed by atoms with Gasteiger partial charge in [0.25, 0.3) is 11.8 Å². The van der Waals surface area contributed by atoms with Gasteiger partial charge in [-0.3, -0.25) is 9.59 Å². The molecule has 2 heterocycles. The van der Waals surface area contributed by atoms with Gasteiger partial charge in [-0.05, 0) is 55.9 Å². The smallest absolute Gasteiger partial charge is 0.338 e. The molecule has 0 spiro atoms. The van der Waals surface area contributed by atoms with Gasteiger partial charge in [0.05, 0.1) is 30.2 Å². The summed E-state index contributed by atoms with van der Waals surface area (Å²) in [6.45, 7) is 2.06. The number of benzene rings is 1. The first kappa shape index (κ1) is 19.5. The van der Waals surface area contributed by atoms with Crippen LogP contribution in [0.15, 0.2) is 58.1 Å². The number of carbonyl (C=O) groups is 3. The third-order valence-corrected chi connectivity index (χ3v) is 6.32. The van der Waals surface area contributed by atoms with E-state index in [1.165, 1.54) is 6.21 Å². The first-order valence-corrected chi connectivity index (χ1v) is 10.5. The highest BCUT2D eigenvalue weighted by atomic mass is 16.5. The average Bonchev–Trinajstić information content (AvgIpc) is 3.38. The lowest BCUT2D eigenvalue weighted by Gasteiger charge is -2.37. The number of esters is 1. The summed E-state index contributed by atoms with van der Waals surface area (Å²) < 4.78 is 10.8. The fourth-order valence-corrected chi connectivity index (χ4v) is 4.88. The number of furan rings is 1. The van der Waals surface area contributed by atoms with Crippen molar-refractivity contribution in [1.82, 2.24) is 5.01 Å². The van der Waals surface area contributed by atoms with Gasteiger partial charge in [0, 0.05) is 5.56 Å². The number of nitrogens with zero attached hydrogens (tertiary/aromatic N) is 2. The van der Waals surface area contributed by atoms with Crippen molar-refractivity contribution in [2.24, 2.45) is 28.8 Å². The molecule has 2 bridgehead atoms. The van der Waals surface area contributed by atoms with E-state index in [4.69, 9.17) is 9.15 Å². The Kier molecular flexibility index (Phi) is 4.81. The van der Waals surface area contributed by atoms with Crippen molar-refractivity contribution >= 4 is 24.0 Å². The molecule has 0 radical (unpaired) electrons. The maximum Gasteiger partial charge on any atom is 0.338 e.